The van der Waals surface area contributed by atoms with E-state index in [1.165, 1.54) is 11.3 Å². The van der Waals surface area contributed by atoms with Crippen LogP contribution in [-0.4, -0.2) is 30.6 Å². The molecular weight excluding hydrogens is 392 g/mol. The molecule has 0 saturated heterocycles. The van der Waals surface area contributed by atoms with Crippen LogP contribution in [0.2, 0.25) is 0 Å². The quantitative estimate of drug-likeness (QED) is 0.490. The number of ether oxygens (including phenoxy) is 1. The fourth-order valence-electron chi connectivity index (χ4n) is 3.30. The smallest absolute Gasteiger partial charge is 0.320 e. The first-order valence-corrected chi connectivity index (χ1v) is 10.2. The summed E-state index contributed by atoms with van der Waals surface area (Å²) in [7, 11) is 0. The van der Waals surface area contributed by atoms with Crippen LogP contribution in [0.15, 0.2) is 30.3 Å². The van der Waals surface area contributed by atoms with Gasteiger partial charge in [0.2, 0.25) is 0 Å². The first kappa shape index (κ1) is 20.8. The van der Waals surface area contributed by atoms with E-state index in [2.05, 4.69) is 10.6 Å². The monoisotopic (exact) mass is 416 g/mol. The number of rotatable bonds is 8. The molecule has 154 valence electrons. The van der Waals surface area contributed by atoms with Gasteiger partial charge in [0, 0.05) is 11.4 Å². The van der Waals surface area contributed by atoms with Crippen molar-refractivity contribution >= 4 is 34.2 Å². The van der Waals surface area contributed by atoms with Gasteiger partial charge in [-0.1, -0.05) is 18.2 Å². The fraction of sp³-hybridized carbons (Fsp3) is 0.350. The SMILES string of the molecule is NC(=O)Nc1sc(-c2cccc(CNCC(=O)OC3CCCC3)c2)cc1C(N)=O. The summed E-state index contributed by atoms with van der Waals surface area (Å²) in [4.78, 5) is 35.4. The molecule has 6 N–H and O–H groups in total. The van der Waals surface area contributed by atoms with Crippen molar-refractivity contribution in [2.75, 3.05) is 11.9 Å². The molecule has 1 aliphatic rings. The minimum Gasteiger partial charge on any atom is -0.461 e. The van der Waals surface area contributed by atoms with E-state index in [9.17, 15) is 14.4 Å². The van der Waals surface area contributed by atoms with E-state index < -0.39 is 11.9 Å². The van der Waals surface area contributed by atoms with Crippen LogP contribution in [0.1, 0.15) is 41.6 Å². The van der Waals surface area contributed by atoms with E-state index in [1.54, 1.807) is 6.07 Å². The Labute approximate surface area is 172 Å². The Kier molecular flexibility index (Phi) is 6.84. The lowest BCUT2D eigenvalue weighted by atomic mass is 10.1. The number of hydrogen-bond acceptors (Lipinski definition) is 6. The van der Waals surface area contributed by atoms with Crippen LogP contribution in [-0.2, 0) is 16.1 Å². The summed E-state index contributed by atoms with van der Waals surface area (Å²) in [6, 6.07) is 8.52. The zero-order valence-electron chi connectivity index (χ0n) is 15.9. The number of benzene rings is 1. The number of amides is 3. The lowest BCUT2D eigenvalue weighted by Crippen LogP contribution is -2.27. The molecule has 1 heterocycles. The number of nitrogens with one attached hydrogen (secondary N) is 2. The number of anilines is 1. The Morgan fingerprint density at radius 2 is 1.90 bits per heavy atom. The predicted molar refractivity (Wildman–Crippen MR) is 112 cm³/mol. The van der Waals surface area contributed by atoms with Crippen LogP contribution in [0.25, 0.3) is 10.4 Å². The molecule has 1 saturated carbocycles. The van der Waals surface area contributed by atoms with E-state index in [-0.39, 0.29) is 24.2 Å². The summed E-state index contributed by atoms with van der Waals surface area (Å²) in [6.07, 6.45) is 4.21. The predicted octanol–water partition coefficient (Wildman–Crippen LogP) is 2.58. The largest absolute Gasteiger partial charge is 0.461 e. The minimum absolute atomic E-state index is 0.0640. The highest BCUT2D eigenvalue weighted by Crippen LogP contribution is 2.35. The van der Waals surface area contributed by atoms with Crippen molar-refractivity contribution in [2.45, 2.75) is 38.3 Å². The van der Waals surface area contributed by atoms with Gasteiger partial charge in [-0.05, 0) is 48.9 Å². The molecule has 0 radical (unpaired) electrons. The molecule has 0 unspecified atom stereocenters. The highest BCUT2D eigenvalue weighted by Gasteiger charge is 2.19. The minimum atomic E-state index is -0.761. The average Bonchev–Trinajstić information content (AvgIpc) is 3.31. The molecule has 3 rings (SSSR count). The van der Waals surface area contributed by atoms with Gasteiger partial charge in [0.15, 0.2) is 0 Å². The number of thiophene rings is 1. The molecule has 3 amide bonds. The van der Waals surface area contributed by atoms with Gasteiger partial charge in [0.1, 0.15) is 11.1 Å². The summed E-state index contributed by atoms with van der Waals surface area (Å²) < 4.78 is 5.42. The van der Waals surface area contributed by atoms with Crippen molar-refractivity contribution in [3.05, 3.63) is 41.5 Å². The van der Waals surface area contributed by atoms with Crippen LogP contribution < -0.4 is 22.1 Å². The summed E-state index contributed by atoms with van der Waals surface area (Å²) in [6.45, 7) is 0.645. The maximum Gasteiger partial charge on any atom is 0.320 e. The van der Waals surface area contributed by atoms with E-state index in [0.717, 1.165) is 41.7 Å². The second-order valence-corrected chi connectivity index (χ2v) is 7.96. The molecular formula is C20H24N4O4S. The molecule has 1 aromatic heterocycles. The standard InChI is InChI=1S/C20H24N4O4S/c21-18(26)15-9-16(29-19(15)24-20(22)27)13-5-3-4-12(8-13)10-23-11-17(25)28-14-6-1-2-7-14/h3-5,8-9,14,23H,1-2,6-7,10-11H2,(H2,21,26)(H3,22,24,27). The highest BCUT2D eigenvalue weighted by atomic mass is 32.1. The lowest BCUT2D eigenvalue weighted by molar-refractivity contribution is -0.147. The van der Waals surface area contributed by atoms with Gasteiger partial charge in [-0.15, -0.1) is 11.3 Å². The normalized spacial score (nSPS) is 13.9. The molecule has 1 aliphatic carbocycles. The summed E-state index contributed by atoms with van der Waals surface area (Å²) in [5.74, 6) is -0.880. The van der Waals surface area contributed by atoms with Crippen LogP contribution in [0.4, 0.5) is 9.80 Å². The fourth-order valence-corrected chi connectivity index (χ4v) is 4.36. The Morgan fingerprint density at radius 3 is 2.59 bits per heavy atom. The molecule has 0 spiro atoms. The average molecular weight is 417 g/mol. The summed E-state index contributed by atoms with van der Waals surface area (Å²) in [5.41, 5.74) is 12.6. The maximum atomic E-state index is 11.9. The van der Waals surface area contributed by atoms with Gasteiger partial charge in [-0.3, -0.25) is 14.9 Å². The number of urea groups is 1. The van der Waals surface area contributed by atoms with Crippen molar-refractivity contribution in [1.82, 2.24) is 5.32 Å². The van der Waals surface area contributed by atoms with Crippen LogP contribution in [0.5, 0.6) is 0 Å². The first-order valence-electron chi connectivity index (χ1n) is 9.42. The van der Waals surface area contributed by atoms with Gasteiger partial charge in [0.05, 0.1) is 12.1 Å². The molecule has 2 aromatic rings. The Hall–Kier alpha value is -2.91. The third kappa shape index (κ3) is 5.78. The third-order valence-corrected chi connectivity index (χ3v) is 5.74. The molecule has 0 aliphatic heterocycles. The topological polar surface area (TPSA) is 137 Å². The van der Waals surface area contributed by atoms with Crippen molar-refractivity contribution in [2.24, 2.45) is 11.5 Å². The zero-order valence-corrected chi connectivity index (χ0v) is 16.7. The molecule has 1 fully saturated rings. The molecule has 1 aromatic carbocycles. The second-order valence-electron chi connectivity index (χ2n) is 6.91. The molecule has 29 heavy (non-hydrogen) atoms. The number of carbonyl (C=O) groups excluding carboxylic acids is 3. The Balaban J connectivity index is 1.62. The Bertz CT molecular complexity index is 906. The van der Waals surface area contributed by atoms with Crippen LogP contribution >= 0.6 is 11.3 Å². The Morgan fingerprint density at radius 1 is 1.14 bits per heavy atom. The number of esters is 1. The first-order chi connectivity index (χ1) is 13.9. The molecule has 8 nitrogen and oxygen atoms in total. The lowest BCUT2D eigenvalue weighted by Gasteiger charge is -2.12. The zero-order chi connectivity index (χ0) is 20.8. The van der Waals surface area contributed by atoms with Crippen molar-refractivity contribution in [3.63, 3.8) is 0 Å². The van der Waals surface area contributed by atoms with Crippen molar-refractivity contribution in [3.8, 4) is 10.4 Å². The van der Waals surface area contributed by atoms with E-state index >= 15 is 0 Å². The number of hydrogen-bond donors (Lipinski definition) is 4. The van der Waals surface area contributed by atoms with Crippen LogP contribution in [0.3, 0.4) is 0 Å². The maximum absolute atomic E-state index is 11.9. The summed E-state index contributed by atoms with van der Waals surface area (Å²) >= 11 is 1.22. The highest BCUT2D eigenvalue weighted by molar-refractivity contribution is 7.20. The number of nitrogens with two attached hydrogens (primary N) is 2. The molecule has 0 bridgehead atoms. The second kappa shape index (κ2) is 9.53. The van der Waals surface area contributed by atoms with E-state index in [4.69, 9.17) is 16.2 Å². The van der Waals surface area contributed by atoms with Gasteiger partial charge >= 0.3 is 12.0 Å². The molecule has 0 atom stereocenters. The van der Waals surface area contributed by atoms with Gasteiger partial charge < -0.3 is 21.5 Å². The van der Waals surface area contributed by atoms with Gasteiger partial charge in [-0.25, -0.2) is 4.79 Å². The van der Waals surface area contributed by atoms with Crippen molar-refractivity contribution < 1.29 is 19.1 Å². The number of primary amides is 2. The molecule has 9 heteroatoms. The van der Waals surface area contributed by atoms with Crippen LogP contribution in [0, 0.1) is 0 Å². The summed E-state index contributed by atoms with van der Waals surface area (Å²) in [5, 5.41) is 5.84. The van der Waals surface area contributed by atoms with Crippen molar-refractivity contribution in [1.29, 1.82) is 0 Å². The third-order valence-electron chi connectivity index (χ3n) is 4.64. The van der Waals surface area contributed by atoms with E-state index in [0.29, 0.717) is 11.5 Å². The van der Waals surface area contributed by atoms with Gasteiger partial charge in [0.25, 0.3) is 5.91 Å². The van der Waals surface area contributed by atoms with Gasteiger partial charge in [-0.2, -0.15) is 0 Å². The van der Waals surface area contributed by atoms with E-state index in [1.807, 2.05) is 24.3 Å². The number of carbonyl (C=O) groups is 3.